The first-order chi connectivity index (χ1) is 13.9. The van der Waals surface area contributed by atoms with Crippen LogP contribution in [0.3, 0.4) is 0 Å². The van der Waals surface area contributed by atoms with Crippen LogP contribution in [0.5, 0.6) is 0 Å². The van der Waals surface area contributed by atoms with Gasteiger partial charge in [0.05, 0.1) is 0 Å². The molecule has 0 aliphatic carbocycles. The van der Waals surface area contributed by atoms with Crippen molar-refractivity contribution in [3.05, 3.63) is 0 Å². The second kappa shape index (κ2) is 9.37. The summed E-state index contributed by atoms with van der Waals surface area (Å²) in [5.41, 5.74) is 5.68. The van der Waals surface area contributed by atoms with Crippen LogP contribution < -0.4 is 5.73 Å². The van der Waals surface area contributed by atoms with Gasteiger partial charge in [-0.05, 0) is 0 Å². The SMILES string of the molecule is NCP1(O)(O)C[N+]12CCN(CC(=O)O)CCN(CC(=O)O)CCN(CC(=O)O)CC2. The molecular weight excluding hydrogens is 421 g/mol. The predicted molar refractivity (Wildman–Crippen MR) is 108 cm³/mol. The Kier molecular flexibility index (Phi) is 7.75. The van der Waals surface area contributed by atoms with Crippen molar-refractivity contribution in [1.29, 1.82) is 0 Å². The third-order valence-electron chi connectivity index (χ3n) is 6.03. The number of aliphatic carboxylic acids is 3. The van der Waals surface area contributed by atoms with E-state index in [9.17, 15) is 34.4 Å². The molecule has 0 saturated carbocycles. The number of carboxylic acids is 3. The maximum atomic E-state index is 11.2. The van der Waals surface area contributed by atoms with E-state index in [-0.39, 0.29) is 75.7 Å². The van der Waals surface area contributed by atoms with E-state index in [1.807, 2.05) is 0 Å². The molecule has 2 rings (SSSR count). The fourth-order valence-electron chi connectivity index (χ4n) is 4.06. The number of nitrogens with two attached hydrogens (primary N) is 1. The molecule has 2 heterocycles. The van der Waals surface area contributed by atoms with Gasteiger partial charge in [-0.2, -0.15) is 0 Å². The molecule has 0 atom stereocenters. The quantitative estimate of drug-likeness (QED) is 0.171. The zero-order valence-corrected chi connectivity index (χ0v) is 17.9. The average Bonchev–Trinajstić information content (AvgIpc) is 3.15. The first-order valence-corrected chi connectivity index (χ1v) is 12.2. The van der Waals surface area contributed by atoms with Crippen LogP contribution >= 0.6 is 7.21 Å². The molecule has 1 spiro atoms. The van der Waals surface area contributed by atoms with Crippen LogP contribution in [0.25, 0.3) is 0 Å². The Bertz CT molecular complexity index is 646. The predicted octanol–water partition coefficient (Wildman–Crippen LogP) is -2.85. The summed E-state index contributed by atoms with van der Waals surface area (Å²) >= 11 is 0. The Balaban J connectivity index is 2.22. The van der Waals surface area contributed by atoms with Gasteiger partial charge in [0.15, 0.2) is 0 Å². The summed E-state index contributed by atoms with van der Waals surface area (Å²) in [5.74, 6) is -3.08. The molecule has 0 unspecified atom stereocenters. The Hall–Kier alpha value is -1.44. The average molecular weight is 454 g/mol. The van der Waals surface area contributed by atoms with E-state index in [4.69, 9.17) is 10.8 Å². The summed E-state index contributed by atoms with van der Waals surface area (Å²) < 4.78 is -0.0345. The molecule has 0 aromatic carbocycles. The fourth-order valence-corrected chi connectivity index (χ4v) is 7.54. The molecular formula is C16H33N5O8P+. The summed E-state index contributed by atoms with van der Waals surface area (Å²) in [6, 6.07) is 0. The molecule has 7 N–H and O–H groups in total. The van der Waals surface area contributed by atoms with Crippen LogP contribution in [0.2, 0.25) is 0 Å². The number of carboxylic acid groups (broad SMARTS) is 3. The number of hydrogen-bond donors (Lipinski definition) is 6. The Morgan fingerprint density at radius 2 is 1.07 bits per heavy atom. The molecule has 2 aliphatic heterocycles. The molecule has 2 saturated heterocycles. The second-order valence-electron chi connectivity index (χ2n) is 8.22. The first kappa shape index (κ1) is 24.8. The minimum atomic E-state index is -4.13. The topological polar surface area (TPSA) is 188 Å². The van der Waals surface area contributed by atoms with Crippen molar-refractivity contribution in [3.8, 4) is 0 Å². The summed E-state index contributed by atoms with van der Waals surface area (Å²) in [6.45, 7) is 1.50. The number of rotatable bonds is 7. The van der Waals surface area contributed by atoms with Gasteiger partial charge >= 0.3 is 174 Å². The van der Waals surface area contributed by atoms with Crippen LogP contribution in [-0.2, 0) is 14.4 Å². The molecule has 0 radical (unpaired) electrons. The van der Waals surface area contributed by atoms with Crippen molar-refractivity contribution >= 4 is 25.1 Å². The van der Waals surface area contributed by atoms with Crippen molar-refractivity contribution in [1.82, 2.24) is 14.7 Å². The normalized spacial score (nSPS) is 26.6. The Morgan fingerprint density at radius 1 is 0.733 bits per heavy atom. The number of nitrogens with zero attached hydrogens (tertiary/aromatic N) is 4. The molecule has 13 nitrogen and oxygen atoms in total. The minimum absolute atomic E-state index is 0.0345. The number of carbonyl (C=O) groups is 3. The van der Waals surface area contributed by atoms with Gasteiger partial charge < -0.3 is 0 Å². The molecule has 2 fully saturated rings. The van der Waals surface area contributed by atoms with Crippen LogP contribution in [0.1, 0.15) is 0 Å². The van der Waals surface area contributed by atoms with Crippen molar-refractivity contribution in [2.75, 3.05) is 84.6 Å². The Morgan fingerprint density at radius 3 is 1.33 bits per heavy atom. The number of quaternary nitrogens is 1. The van der Waals surface area contributed by atoms with Crippen molar-refractivity contribution in [2.45, 2.75) is 0 Å². The van der Waals surface area contributed by atoms with Crippen LogP contribution in [0, 0.1) is 0 Å². The van der Waals surface area contributed by atoms with Crippen molar-refractivity contribution in [3.63, 3.8) is 0 Å². The standard InChI is InChI=1S/C16H32N5O8P/c17-12-30(28,29)13-21(30)7-5-19(10-15(24)25)3-1-18(9-14(22)23)2-4-20(6-8-21)11-16(26)27/h28-29H,1-13,17H2,(H2-,22,23,24,25,26,27)/p+1. The van der Waals surface area contributed by atoms with Crippen molar-refractivity contribution < 1.29 is 43.7 Å². The zero-order valence-electron chi connectivity index (χ0n) is 17.0. The fraction of sp³-hybridized carbons (Fsp3) is 0.812. The van der Waals surface area contributed by atoms with Gasteiger partial charge in [-0.15, -0.1) is 0 Å². The third kappa shape index (κ3) is 6.05. The van der Waals surface area contributed by atoms with Gasteiger partial charge in [0.25, 0.3) is 0 Å². The number of hydrogen-bond acceptors (Lipinski definition) is 9. The van der Waals surface area contributed by atoms with Crippen LogP contribution in [0.4, 0.5) is 0 Å². The van der Waals surface area contributed by atoms with Crippen molar-refractivity contribution in [2.24, 2.45) is 5.73 Å². The maximum absolute atomic E-state index is 11.2. The van der Waals surface area contributed by atoms with Gasteiger partial charge in [-0.1, -0.05) is 0 Å². The van der Waals surface area contributed by atoms with Crippen LogP contribution in [-0.4, -0.2) is 147 Å². The molecule has 0 bridgehead atoms. The van der Waals surface area contributed by atoms with E-state index in [1.165, 1.54) is 0 Å². The van der Waals surface area contributed by atoms with Gasteiger partial charge in [0, 0.05) is 0 Å². The van der Waals surface area contributed by atoms with Gasteiger partial charge in [0.1, 0.15) is 0 Å². The monoisotopic (exact) mass is 454 g/mol. The van der Waals surface area contributed by atoms with E-state index in [1.54, 1.807) is 14.7 Å². The van der Waals surface area contributed by atoms with E-state index < -0.39 is 25.1 Å². The molecule has 2 aliphatic rings. The van der Waals surface area contributed by atoms with E-state index >= 15 is 0 Å². The summed E-state index contributed by atoms with van der Waals surface area (Å²) in [6.07, 6.45) is -0.162. The molecule has 174 valence electrons. The summed E-state index contributed by atoms with van der Waals surface area (Å²) in [5, 5.41) is 27.5. The summed E-state index contributed by atoms with van der Waals surface area (Å²) in [4.78, 5) is 60.3. The van der Waals surface area contributed by atoms with E-state index in [0.29, 0.717) is 13.1 Å². The van der Waals surface area contributed by atoms with E-state index in [0.717, 1.165) is 0 Å². The first-order valence-electron chi connectivity index (χ1n) is 9.78. The molecule has 30 heavy (non-hydrogen) atoms. The van der Waals surface area contributed by atoms with E-state index in [2.05, 4.69) is 0 Å². The molecule has 0 amide bonds. The van der Waals surface area contributed by atoms with Gasteiger partial charge in [-0.3, -0.25) is 0 Å². The second-order valence-corrected chi connectivity index (χ2v) is 12.4. The zero-order chi connectivity index (χ0) is 22.6. The summed E-state index contributed by atoms with van der Waals surface area (Å²) in [7, 11) is -4.13. The molecule has 0 aromatic heterocycles. The van der Waals surface area contributed by atoms with Gasteiger partial charge in [-0.25, -0.2) is 0 Å². The van der Waals surface area contributed by atoms with Crippen LogP contribution in [0.15, 0.2) is 0 Å². The van der Waals surface area contributed by atoms with Gasteiger partial charge in [0.2, 0.25) is 0 Å². The Labute approximate surface area is 174 Å². The molecule has 0 aromatic rings. The third-order valence-corrected chi connectivity index (χ3v) is 10.1. The molecule has 14 heteroatoms.